The van der Waals surface area contributed by atoms with Crippen LogP contribution in [0.4, 0.5) is 5.69 Å². The van der Waals surface area contributed by atoms with Crippen LogP contribution in [0.2, 0.25) is 0 Å². The minimum absolute atomic E-state index is 0.0817. The molecule has 1 heterocycles. The van der Waals surface area contributed by atoms with Crippen molar-refractivity contribution in [3.8, 4) is 10.4 Å². The maximum Gasteiger partial charge on any atom is 0.348 e. The van der Waals surface area contributed by atoms with Crippen LogP contribution in [-0.4, -0.2) is 17.0 Å². The van der Waals surface area contributed by atoms with Crippen LogP contribution in [0, 0.1) is 5.92 Å². The molecule has 23 heavy (non-hydrogen) atoms. The van der Waals surface area contributed by atoms with E-state index in [1.165, 1.54) is 11.3 Å². The second kappa shape index (κ2) is 6.79. The summed E-state index contributed by atoms with van der Waals surface area (Å²) in [7, 11) is 0. The zero-order valence-corrected chi connectivity index (χ0v) is 13.3. The zero-order valence-electron chi connectivity index (χ0n) is 12.5. The number of amides is 1. The van der Waals surface area contributed by atoms with E-state index < -0.39 is 5.97 Å². The molecule has 5 heteroatoms. The Kier molecular flexibility index (Phi) is 4.57. The molecule has 1 amide bonds. The maximum absolute atomic E-state index is 12.4. The Morgan fingerprint density at radius 1 is 1.17 bits per heavy atom. The van der Waals surface area contributed by atoms with Gasteiger partial charge < -0.3 is 10.4 Å². The normalized spacial score (nSPS) is 17.0. The Bertz CT molecular complexity index is 749. The van der Waals surface area contributed by atoms with Gasteiger partial charge in [-0.2, -0.15) is 0 Å². The summed E-state index contributed by atoms with van der Waals surface area (Å²) in [4.78, 5) is 24.8. The highest BCUT2D eigenvalue weighted by Crippen LogP contribution is 2.35. The lowest BCUT2D eigenvalue weighted by Crippen LogP contribution is -2.24. The van der Waals surface area contributed by atoms with Gasteiger partial charge in [-0.15, -0.1) is 11.3 Å². The Balaban J connectivity index is 1.86. The minimum atomic E-state index is -1.02. The number of carbonyl (C=O) groups is 2. The largest absolute Gasteiger partial charge is 0.477 e. The zero-order chi connectivity index (χ0) is 16.2. The second-order valence-corrected chi connectivity index (χ2v) is 6.55. The number of allylic oxidation sites excluding steroid dienone is 2. The number of aromatic carboxylic acids is 1. The van der Waals surface area contributed by atoms with Gasteiger partial charge in [0.2, 0.25) is 5.91 Å². The molecule has 0 bridgehead atoms. The van der Waals surface area contributed by atoms with E-state index in [-0.39, 0.29) is 16.7 Å². The highest BCUT2D eigenvalue weighted by molar-refractivity contribution is 7.18. The third-order valence-electron chi connectivity index (χ3n) is 3.88. The summed E-state index contributed by atoms with van der Waals surface area (Å²) in [6, 6.07) is 11.3. The molecule has 1 unspecified atom stereocenters. The van der Waals surface area contributed by atoms with Crippen LogP contribution in [0.25, 0.3) is 10.4 Å². The lowest BCUT2D eigenvalue weighted by atomic mass is 9.93. The maximum atomic E-state index is 12.4. The Hall–Kier alpha value is -2.40. The van der Waals surface area contributed by atoms with Gasteiger partial charge in [-0.05, 0) is 30.9 Å². The molecule has 0 spiro atoms. The quantitative estimate of drug-likeness (QED) is 0.818. The van der Waals surface area contributed by atoms with Gasteiger partial charge in [0.05, 0.1) is 5.69 Å². The number of thiophene rings is 1. The lowest BCUT2D eigenvalue weighted by molar-refractivity contribution is -0.120. The van der Waals surface area contributed by atoms with E-state index in [0.29, 0.717) is 12.1 Å². The second-order valence-electron chi connectivity index (χ2n) is 5.50. The molecule has 2 N–H and O–H groups in total. The Labute approximate surface area is 138 Å². The fraction of sp³-hybridized carbons (Fsp3) is 0.222. The van der Waals surface area contributed by atoms with Crippen molar-refractivity contribution in [3.05, 3.63) is 53.4 Å². The van der Waals surface area contributed by atoms with Crippen LogP contribution in [-0.2, 0) is 4.79 Å². The first-order valence-corrected chi connectivity index (χ1v) is 8.35. The van der Waals surface area contributed by atoms with Gasteiger partial charge in [0.1, 0.15) is 4.88 Å². The SMILES string of the molecule is O=C(O)c1sc(-c2ccccc2)cc1NC(=O)C1CC=CCC1. The molecule has 0 radical (unpaired) electrons. The average Bonchev–Trinajstić information content (AvgIpc) is 3.00. The third-order valence-corrected chi connectivity index (χ3v) is 5.05. The number of rotatable bonds is 4. The predicted octanol–water partition coefficient (Wildman–Crippen LogP) is 4.41. The van der Waals surface area contributed by atoms with E-state index in [2.05, 4.69) is 11.4 Å². The van der Waals surface area contributed by atoms with Gasteiger partial charge in [0.15, 0.2) is 0 Å². The molecule has 2 aromatic rings. The summed E-state index contributed by atoms with van der Waals surface area (Å²) >= 11 is 1.18. The van der Waals surface area contributed by atoms with Crippen LogP contribution in [0.5, 0.6) is 0 Å². The van der Waals surface area contributed by atoms with Crippen LogP contribution in [0.3, 0.4) is 0 Å². The first-order chi connectivity index (χ1) is 11.1. The molecule has 0 saturated heterocycles. The summed E-state index contributed by atoms with van der Waals surface area (Å²) < 4.78 is 0. The monoisotopic (exact) mass is 327 g/mol. The van der Waals surface area contributed by atoms with Crippen molar-refractivity contribution in [2.24, 2.45) is 5.92 Å². The number of anilines is 1. The molecule has 118 valence electrons. The van der Waals surface area contributed by atoms with E-state index in [4.69, 9.17) is 0 Å². The van der Waals surface area contributed by atoms with E-state index in [0.717, 1.165) is 23.3 Å². The van der Waals surface area contributed by atoms with Crippen molar-refractivity contribution in [2.75, 3.05) is 5.32 Å². The summed E-state index contributed by atoms with van der Waals surface area (Å²) in [5, 5.41) is 12.2. The molecule has 4 nitrogen and oxygen atoms in total. The number of hydrogen-bond acceptors (Lipinski definition) is 3. The first-order valence-electron chi connectivity index (χ1n) is 7.53. The van der Waals surface area contributed by atoms with Crippen molar-refractivity contribution < 1.29 is 14.7 Å². The van der Waals surface area contributed by atoms with Crippen molar-refractivity contribution in [1.29, 1.82) is 0 Å². The van der Waals surface area contributed by atoms with Gasteiger partial charge in [0.25, 0.3) is 0 Å². The molecular formula is C18H17NO3S. The molecule has 0 fully saturated rings. The number of carboxylic acids is 1. The number of carboxylic acid groups (broad SMARTS) is 1. The van der Waals surface area contributed by atoms with Crippen molar-refractivity contribution in [3.63, 3.8) is 0 Å². The summed E-state index contributed by atoms with van der Waals surface area (Å²) in [6.07, 6.45) is 6.49. The topological polar surface area (TPSA) is 66.4 Å². The molecule has 1 aliphatic rings. The van der Waals surface area contributed by atoms with Crippen molar-refractivity contribution in [1.82, 2.24) is 0 Å². The summed E-state index contributed by atoms with van der Waals surface area (Å²) in [5.41, 5.74) is 1.34. The highest BCUT2D eigenvalue weighted by Gasteiger charge is 2.23. The fourth-order valence-corrected chi connectivity index (χ4v) is 3.61. The number of carbonyl (C=O) groups excluding carboxylic acids is 1. The van der Waals surface area contributed by atoms with Gasteiger partial charge in [-0.25, -0.2) is 4.79 Å². The van der Waals surface area contributed by atoms with Crippen LogP contribution < -0.4 is 5.32 Å². The van der Waals surface area contributed by atoms with Crippen LogP contribution in [0.15, 0.2) is 48.6 Å². The average molecular weight is 327 g/mol. The molecule has 1 aromatic heterocycles. The van der Waals surface area contributed by atoms with E-state index in [9.17, 15) is 14.7 Å². The summed E-state index contributed by atoms with van der Waals surface area (Å²) in [5.74, 6) is -1.20. The molecule has 3 rings (SSSR count). The Morgan fingerprint density at radius 2 is 1.96 bits per heavy atom. The van der Waals surface area contributed by atoms with Gasteiger partial charge in [-0.1, -0.05) is 42.5 Å². The molecule has 0 aliphatic heterocycles. The van der Waals surface area contributed by atoms with Crippen molar-refractivity contribution >= 4 is 28.9 Å². The Morgan fingerprint density at radius 3 is 2.61 bits per heavy atom. The first kappa shape index (κ1) is 15.5. The van der Waals surface area contributed by atoms with Gasteiger partial charge >= 0.3 is 5.97 Å². The van der Waals surface area contributed by atoms with Gasteiger partial charge in [-0.3, -0.25) is 4.79 Å². The predicted molar refractivity (Wildman–Crippen MR) is 91.8 cm³/mol. The standard InChI is InChI=1S/C18H17NO3S/c20-17(13-9-5-2-6-10-13)19-14-11-15(23-16(14)18(21)22)12-7-3-1-4-8-12/h1-5,7-8,11,13H,6,9-10H2,(H,19,20)(H,21,22). The summed E-state index contributed by atoms with van der Waals surface area (Å²) in [6.45, 7) is 0. The third kappa shape index (κ3) is 3.51. The van der Waals surface area contributed by atoms with Crippen LogP contribution >= 0.6 is 11.3 Å². The number of nitrogens with one attached hydrogen (secondary N) is 1. The van der Waals surface area contributed by atoms with E-state index >= 15 is 0 Å². The lowest BCUT2D eigenvalue weighted by Gasteiger charge is -2.16. The van der Waals surface area contributed by atoms with Gasteiger partial charge in [0, 0.05) is 10.8 Å². The fourth-order valence-electron chi connectivity index (χ4n) is 2.65. The molecule has 1 aromatic carbocycles. The molecular weight excluding hydrogens is 310 g/mol. The highest BCUT2D eigenvalue weighted by atomic mass is 32.1. The minimum Gasteiger partial charge on any atom is -0.477 e. The molecule has 1 aliphatic carbocycles. The number of benzene rings is 1. The molecule has 0 saturated carbocycles. The molecule has 1 atom stereocenters. The van der Waals surface area contributed by atoms with Crippen molar-refractivity contribution in [2.45, 2.75) is 19.3 Å². The van der Waals surface area contributed by atoms with Crippen LogP contribution in [0.1, 0.15) is 28.9 Å². The smallest absolute Gasteiger partial charge is 0.348 e. The van der Waals surface area contributed by atoms with E-state index in [1.807, 2.05) is 36.4 Å². The number of hydrogen-bond donors (Lipinski definition) is 2. The van der Waals surface area contributed by atoms with E-state index in [1.54, 1.807) is 6.07 Å².